The van der Waals surface area contributed by atoms with Gasteiger partial charge in [0.25, 0.3) is 0 Å². The lowest BCUT2D eigenvalue weighted by molar-refractivity contribution is -0.129. The largest absolute Gasteiger partial charge is 0.444 e. The van der Waals surface area contributed by atoms with E-state index < -0.39 is 5.60 Å². The van der Waals surface area contributed by atoms with Gasteiger partial charge in [-0.25, -0.2) is 4.79 Å². The van der Waals surface area contributed by atoms with E-state index in [-0.39, 0.29) is 17.6 Å². The van der Waals surface area contributed by atoms with Gasteiger partial charge in [-0.2, -0.15) is 0 Å². The quantitative estimate of drug-likeness (QED) is 0.728. The van der Waals surface area contributed by atoms with Crippen LogP contribution in [0.5, 0.6) is 0 Å². The summed E-state index contributed by atoms with van der Waals surface area (Å²) in [6.07, 6.45) is 2.55. The maximum absolute atomic E-state index is 12.0. The van der Waals surface area contributed by atoms with Gasteiger partial charge in [-0.1, -0.05) is 0 Å². The van der Waals surface area contributed by atoms with E-state index in [4.69, 9.17) is 9.47 Å². The van der Waals surface area contributed by atoms with Gasteiger partial charge in [-0.3, -0.25) is 4.79 Å². The molecule has 0 aromatic carbocycles. The molecule has 0 aliphatic carbocycles. The summed E-state index contributed by atoms with van der Waals surface area (Å²) in [5.74, 6) is 0.124. The van der Waals surface area contributed by atoms with Crippen LogP contribution in [0, 0.1) is 0 Å². The van der Waals surface area contributed by atoms with Crippen LogP contribution in [0.3, 0.4) is 0 Å². The molecule has 0 radical (unpaired) electrons. The number of amides is 2. The second-order valence-electron chi connectivity index (χ2n) is 7.66. The molecule has 1 aliphatic rings. The molecule has 6 heteroatoms. The van der Waals surface area contributed by atoms with Gasteiger partial charge in [0.1, 0.15) is 5.60 Å². The minimum Gasteiger partial charge on any atom is -0.444 e. The van der Waals surface area contributed by atoms with Gasteiger partial charge >= 0.3 is 6.09 Å². The Morgan fingerprint density at radius 2 is 1.74 bits per heavy atom. The average molecular weight is 328 g/mol. The standard InChI is InChI=1S/C17H32N2O4/c1-16(2,3)23-15(21)19-11-9-17(4,10-12-19)22-13-7-8-14(20)18(5)6/h7-13H2,1-6H3. The Balaban J connectivity index is 2.31. The van der Waals surface area contributed by atoms with Gasteiger partial charge in [0.05, 0.1) is 5.60 Å². The minimum atomic E-state index is -0.465. The van der Waals surface area contributed by atoms with Gasteiger partial charge in [-0.15, -0.1) is 0 Å². The molecule has 1 heterocycles. The third-order valence-corrected chi connectivity index (χ3v) is 3.96. The molecule has 0 unspecified atom stereocenters. The highest BCUT2D eigenvalue weighted by Gasteiger charge is 2.34. The number of likely N-dealkylation sites (tertiary alicyclic amines) is 1. The highest BCUT2D eigenvalue weighted by Crippen LogP contribution is 2.27. The van der Waals surface area contributed by atoms with Crippen molar-refractivity contribution in [3.8, 4) is 0 Å². The van der Waals surface area contributed by atoms with E-state index in [1.807, 2.05) is 20.8 Å². The minimum absolute atomic E-state index is 0.124. The zero-order valence-corrected chi connectivity index (χ0v) is 15.5. The Hall–Kier alpha value is -1.30. The lowest BCUT2D eigenvalue weighted by Gasteiger charge is -2.39. The van der Waals surface area contributed by atoms with Crippen molar-refractivity contribution in [2.75, 3.05) is 33.8 Å². The fraction of sp³-hybridized carbons (Fsp3) is 0.882. The number of nitrogens with zero attached hydrogens (tertiary/aromatic N) is 2. The molecule has 134 valence electrons. The Labute approximate surface area is 140 Å². The summed E-state index contributed by atoms with van der Waals surface area (Å²) in [7, 11) is 3.52. The third kappa shape index (κ3) is 7.20. The van der Waals surface area contributed by atoms with Crippen molar-refractivity contribution in [1.29, 1.82) is 0 Å². The number of rotatable bonds is 5. The van der Waals surface area contributed by atoms with Crippen LogP contribution in [0.1, 0.15) is 53.4 Å². The van der Waals surface area contributed by atoms with Crippen molar-refractivity contribution < 1.29 is 19.1 Å². The molecule has 0 saturated carbocycles. The first-order valence-electron chi connectivity index (χ1n) is 8.34. The second-order valence-corrected chi connectivity index (χ2v) is 7.66. The summed E-state index contributed by atoms with van der Waals surface area (Å²) in [4.78, 5) is 26.9. The summed E-state index contributed by atoms with van der Waals surface area (Å²) >= 11 is 0. The van der Waals surface area contributed by atoms with E-state index in [2.05, 4.69) is 6.92 Å². The molecular weight excluding hydrogens is 296 g/mol. The van der Waals surface area contributed by atoms with Crippen molar-refractivity contribution in [2.45, 2.75) is 64.6 Å². The van der Waals surface area contributed by atoms with Crippen molar-refractivity contribution in [3.05, 3.63) is 0 Å². The van der Waals surface area contributed by atoms with E-state index >= 15 is 0 Å². The van der Waals surface area contributed by atoms with Crippen LogP contribution in [0.25, 0.3) is 0 Å². The highest BCUT2D eigenvalue weighted by molar-refractivity contribution is 5.75. The summed E-state index contributed by atoms with van der Waals surface area (Å²) in [5, 5.41) is 0. The van der Waals surface area contributed by atoms with Crippen LogP contribution in [-0.2, 0) is 14.3 Å². The van der Waals surface area contributed by atoms with E-state index in [1.165, 1.54) is 0 Å². The van der Waals surface area contributed by atoms with Gasteiger partial charge in [0, 0.05) is 40.2 Å². The van der Waals surface area contributed by atoms with E-state index in [0.717, 1.165) is 19.3 Å². The number of carbonyl (C=O) groups excluding carboxylic acids is 2. The van der Waals surface area contributed by atoms with Crippen molar-refractivity contribution >= 4 is 12.0 Å². The Bertz CT molecular complexity index is 407. The summed E-state index contributed by atoms with van der Waals surface area (Å²) in [6.45, 7) is 9.55. The van der Waals surface area contributed by atoms with Crippen molar-refractivity contribution in [1.82, 2.24) is 9.80 Å². The van der Waals surface area contributed by atoms with Crippen LogP contribution < -0.4 is 0 Å². The molecule has 0 aromatic heterocycles. The average Bonchev–Trinajstić information content (AvgIpc) is 2.42. The maximum Gasteiger partial charge on any atom is 0.410 e. The Morgan fingerprint density at radius 3 is 2.22 bits per heavy atom. The van der Waals surface area contributed by atoms with Crippen LogP contribution in [0.15, 0.2) is 0 Å². The van der Waals surface area contributed by atoms with Gasteiger partial charge in [0.15, 0.2) is 0 Å². The summed E-state index contributed by atoms with van der Waals surface area (Å²) < 4.78 is 11.4. The van der Waals surface area contributed by atoms with Crippen molar-refractivity contribution in [3.63, 3.8) is 0 Å². The molecule has 0 bridgehead atoms. The molecule has 0 spiro atoms. The number of piperidine rings is 1. The first-order valence-corrected chi connectivity index (χ1v) is 8.34. The van der Waals surface area contributed by atoms with Crippen molar-refractivity contribution in [2.24, 2.45) is 0 Å². The van der Waals surface area contributed by atoms with Crippen LogP contribution in [0.4, 0.5) is 4.79 Å². The highest BCUT2D eigenvalue weighted by atomic mass is 16.6. The van der Waals surface area contributed by atoms with Crippen LogP contribution >= 0.6 is 0 Å². The molecule has 1 fully saturated rings. The SMILES string of the molecule is CN(C)C(=O)CCCOC1(C)CCN(C(=O)OC(C)(C)C)CC1. The topological polar surface area (TPSA) is 59.1 Å². The summed E-state index contributed by atoms with van der Waals surface area (Å²) in [5.41, 5.74) is -0.688. The lowest BCUT2D eigenvalue weighted by atomic mass is 9.93. The Kier molecular flexibility index (Phi) is 6.86. The molecule has 2 amide bonds. The molecule has 1 aliphatic heterocycles. The van der Waals surface area contributed by atoms with E-state index in [1.54, 1.807) is 23.9 Å². The lowest BCUT2D eigenvalue weighted by Crippen LogP contribution is -2.48. The van der Waals surface area contributed by atoms with E-state index in [9.17, 15) is 9.59 Å². The number of ether oxygens (including phenoxy) is 2. The molecule has 23 heavy (non-hydrogen) atoms. The van der Waals surface area contributed by atoms with Gasteiger partial charge in [0.2, 0.25) is 5.91 Å². The monoisotopic (exact) mass is 328 g/mol. The van der Waals surface area contributed by atoms with Crippen LogP contribution in [0.2, 0.25) is 0 Å². The molecule has 1 saturated heterocycles. The van der Waals surface area contributed by atoms with E-state index in [0.29, 0.717) is 26.1 Å². The predicted molar refractivity (Wildman–Crippen MR) is 89.3 cm³/mol. The van der Waals surface area contributed by atoms with Crippen LogP contribution in [-0.4, -0.2) is 66.8 Å². The number of hydrogen-bond donors (Lipinski definition) is 0. The first kappa shape index (κ1) is 19.7. The smallest absolute Gasteiger partial charge is 0.410 e. The molecule has 1 rings (SSSR count). The number of hydrogen-bond acceptors (Lipinski definition) is 4. The maximum atomic E-state index is 12.0. The second kappa shape index (κ2) is 7.99. The fourth-order valence-corrected chi connectivity index (χ4v) is 2.40. The first-order chi connectivity index (χ1) is 10.5. The molecule has 0 N–H and O–H groups in total. The molecule has 0 atom stereocenters. The fourth-order valence-electron chi connectivity index (χ4n) is 2.40. The Morgan fingerprint density at radius 1 is 1.17 bits per heavy atom. The normalized spacial score (nSPS) is 17.7. The number of carbonyl (C=O) groups is 2. The molecular formula is C17H32N2O4. The summed E-state index contributed by atoms with van der Waals surface area (Å²) in [6, 6.07) is 0. The molecule has 6 nitrogen and oxygen atoms in total. The zero-order chi connectivity index (χ0) is 17.7. The predicted octanol–water partition coefficient (Wildman–Crippen LogP) is 2.66. The molecule has 0 aromatic rings. The zero-order valence-electron chi connectivity index (χ0n) is 15.5. The van der Waals surface area contributed by atoms with Gasteiger partial charge in [-0.05, 0) is 47.0 Å². The van der Waals surface area contributed by atoms with Gasteiger partial charge < -0.3 is 19.3 Å². The third-order valence-electron chi connectivity index (χ3n) is 3.96.